The Hall–Kier alpha value is -3.56. The SMILES string of the molecule is CCOc1ccccc1N(CC(=O)N(CCc1ccccc1)[C@@H](CC)C(=O)NC(C)(C)C)S(=O)(=O)c1ccc(Cl)cc1. The number of halogens is 1. The van der Waals surface area contributed by atoms with Crippen LogP contribution in [0, 0.1) is 0 Å². The van der Waals surface area contributed by atoms with Crippen LogP contribution in [0.15, 0.2) is 83.8 Å². The molecule has 1 atom stereocenters. The first-order valence-corrected chi connectivity index (χ1v) is 15.8. The molecule has 3 aromatic carbocycles. The molecule has 0 bridgehead atoms. The van der Waals surface area contributed by atoms with E-state index in [2.05, 4.69) is 5.32 Å². The summed E-state index contributed by atoms with van der Waals surface area (Å²) in [5.41, 5.74) is 0.700. The van der Waals surface area contributed by atoms with Gasteiger partial charge in [-0.05, 0) is 82.5 Å². The maximum atomic E-state index is 14.2. The molecule has 3 aromatic rings. The van der Waals surface area contributed by atoms with Crippen molar-refractivity contribution in [3.63, 3.8) is 0 Å². The second-order valence-electron chi connectivity index (χ2n) is 10.9. The van der Waals surface area contributed by atoms with Crippen molar-refractivity contribution in [2.45, 2.75) is 63.9 Å². The highest BCUT2D eigenvalue weighted by atomic mass is 35.5. The molecule has 226 valence electrons. The number of nitrogens with zero attached hydrogens (tertiary/aromatic N) is 2. The van der Waals surface area contributed by atoms with Crippen LogP contribution < -0.4 is 14.4 Å². The van der Waals surface area contributed by atoms with Crippen molar-refractivity contribution in [1.29, 1.82) is 0 Å². The van der Waals surface area contributed by atoms with Crippen molar-refractivity contribution < 1.29 is 22.7 Å². The largest absolute Gasteiger partial charge is 0.492 e. The number of anilines is 1. The molecule has 1 N–H and O–H groups in total. The molecule has 0 aliphatic heterocycles. The van der Waals surface area contributed by atoms with Crippen LogP contribution in [0.1, 0.15) is 46.6 Å². The van der Waals surface area contributed by atoms with Crippen LogP contribution in [0.3, 0.4) is 0 Å². The van der Waals surface area contributed by atoms with E-state index >= 15 is 0 Å². The molecular formula is C32H40ClN3O5S. The van der Waals surface area contributed by atoms with Gasteiger partial charge in [-0.25, -0.2) is 8.42 Å². The Kier molecular flexibility index (Phi) is 11.4. The molecule has 0 saturated heterocycles. The zero-order valence-corrected chi connectivity index (χ0v) is 26.4. The molecule has 0 heterocycles. The van der Waals surface area contributed by atoms with Crippen LogP contribution in [-0.2, 0) is 26.0 Å². The summed E-state index contributed by atoms with van der Waals surface area (Å²) in [5.74, 6) is -0.488. The average Bonchev–Trinajstić information content (AvgIpc) is 2.94. The van der Waals surface area contributed by atoms with Crippen molar-refractivity contribution in [2.24, 2.45) is 0 Å². The number of carbonyl (C=O) groups excluding carboxylic acids is 2. The number of amides is 2. The Balaban J connectivity index is 2.07. The van der Waals surface area contributed by atoms with Gasteiger partial charge in [0.05, 0.1) is 17.2 Å². The summed E-state index contributed by atoms with van der Waals surface area (Å²) in [6.45, 7) is 9.24. The fraction of sp³-hybridized carbons (Fsp3) is 0.375. The van der Waals surface area contributed by atoms with E-state index in [0.29, 0.717) is 30.2 Å². The molecule has 0 saturated carbocycles. The van der Waals surface area contributed by atoms with E-state index in [1.54, 1.807) is 31.2 Å². The lowest BCUT2D eigenvalue weighted by atomic mass is 10.1. The number of rotatable bonds is 13. The fourth-order valence-electron chi connectivity index (χ4n) is 4.54. The Morgan fingerprint density at radius 3 is 2.14 bits per heavy atom. The third-order valence-electron chi connectivity index (χ3n) is 6.48. The first-order chi connectivity index (χ1) is 19.9. The molecule has 0 unspecified atom stereocenters. The molecule has 0 spiro atoms. The van der Waals surface area contributed by atoms with Gasteiger partial charge in [0.2, 0.25) is 11.8 Å². The fourth-order valence-corrected chi connectivity index (χ4v) is 6.09. The number of carbonyl (C=O) groups is 2. The van der Waals surface area contributed by atoms with Crippen LogP contribution in [0.4, 0.5) is 5.69 Å². The number of benzene rings is 3. The highest BCUT2D eigenvalue weighted by molar-refractivity contribution is 7.92. The van der Waals surface area contributed by atoms with E-state index in [0.717, 1.165) is 9.87 Å². The minimum atomic E-state index is -4.24. The molecule has 8 nitrogen and oxygen atoms in total. The van der Waals surface area contributed by atoms with E-state index in [1.807, 2.05) is 58.0 Å². The summed E-state index contributed by atoms with van der Waals surface area (Å²) in [7, 11) is -4.24. The molecular weight excluding hydrogens is 574 g/mol. The van der Waals surface area contributed by atoms with Crippen molar-refractivity contribution in [1.82, 2.24) is 10.2 Å². The van der Waals surface area contributed by atoms with Crippen molar-refractivity contribution >= 4 is 39.1 Å². The summed E-state index contributed by atoms with van der Waals surface area (Å²) in [4.78, 5) is 29.1. The summed E-state index contributed by atoms with van der Waals surface area (Å²) >= 11 is 6.04. The summed E-state index contributed by atoms with van der Waals surface area (Å²) in [6, 6.07) is 21.3. The van der Waals surface area contributed by atoms with Gasteiger partial charge in [0.15, 0.2) is 0 Å². The summed E-state index contributed by atoms with van der Waals surface area (Å²) in [6.07, 6.45) is 0.841. The smallest absolute Gasteiger partial charge is 0.264 e. The van der Waals surface area contributed by atoms with Gasteiger partial charge in [-0.15, -0.1) is 0 Å². The number of hydrogen-bond donors (Lipinski definition) is 1. The lowest BCUT2D eigenvalue weighted by molar-refractivity contribution is -0.140. The standard InChI is InChI=1S/C32H40ClN3O5S/c1-6-27(31(38)34-32(3,4)5)35(22-21-24-13-9-8-10-14-24)30(37)23-36(28-15-11-12-16-29(28)41-7-2)42(39,40)26-19-17-25(33)18-20-26/h8-20,27H,6-7,21-23H2,1-5H3,(H,34,38)/t27-/m0/s1. The zero-order chi connectivity index (χ0) is 30.9. The van der Waals surface area contributed by atoms with Crippen LogP contribution in [0.2, 0.25) is 5.02 Å². The van der Waals surface area contributed by atoms with Crippen LogP contribution >= 0.6 is 11.6 Å². The first-order valence-electron chi connectivity index (χ1n) is 14.0. The van der Waals surface area contributed by atoms with Crippen LogP contribution in [0.5, 0.6) is 5.75 Å². The number of ether oxygens (including phenoxy) is 1. The minimum absolute atomic E-state index is 0.0284. The predicted molar refractivity (Wildman–Crippen MR) is 167 cm³/mol. The maximum Gasteiger partial charge on any atom is 0.264 e. The van der Waals surface area contributed by atoms with Gasteiger partial charge in [-0.2, -0.15) is 0 Å². The highest BCUT2D eigenvalue weighted by Crippen LogP contribution is 2.33. The topological polar surface area (TPSA) is 96.0 Å². The van der Waals surface area contributed by atoms with Gasteiger partial charge >= 0.3 is 0 Å². The Morgan fingerprint density at radius 2 is 1.55 bits per heavy atom. The van der Waals surface area contributed by atoms with Gasteiger partial charge in [-0.1, -0.05) is 61.0 Å². The van der Waals surface area contributed by atoms with Gasteiger partial charge in [0.1, 0.15) is 18.3 Å². The molecule has 0 radical (unpaired) electrons. The lowest BCUT2D eigenvalue weighted by Gasteiger charge is -2.35. The van der Waals surface area contributed by atoms with Gasteiger partial charge in [0.25, 0.3) is 10.0 Å². The third-order valence-corrected chi connectivity index (χ3v) is 8.51. The van der Waals surface area contributed by atoms with Crippen molar-refractivity contribution in [3.05, 3.63) is 89.4 Å². The Bertz CT molecular complexity index is 1440. The first kappa shape index (κ1) is 32.9. The van der Waals surface area contributed by atoms with E-state index in [-0.39, 0.29) is 23.0 Å². The van der Waals surface area contributed by atoms with Crippen LogP contribution in [-0.4, -0.2) is 56.4 Å². The van der Waals surface area contributed by atoms with E-state index in [4.69, 9.17) is 16.3 Å². The quantitative estimate of drug-likeness (QED) is 0.267. The molecule has 0 aliphatic rings. The average molecular weight is 614 g/mol. The lowest BCUT2D eigenvalue weighted by Crippen LogP contribution is -2.56. The molecule has 0 aromatic heterocycles. The Morgan fingerprint density at radius 1 is 0.929 bits per heavy atom. The summed E-state index contributed by atoms with van der Waals surface area (Å²) in [5, 5.41) is 3.36. The second-order valence-corrected chi connectivity index (χ2v) is 13.2. The van der Waals surface area contributed by atoms with Gasteiger partial charge in [0, 0.05) is 17.1 Å². The normalized spacial score (nSPS) is 12.3. The van der Waals surface area contributed by atoms with Gasteiger partial charge in [-0.3, -0.25) is 13.9 Å². The minimum Gasteiger partial charge on any atom is -0.492 e. The molecule has 3 rings (SSSR count). The van der Waals surface area contributed by atoms with E-state index < -0.39 is 34.1 Å². The third kappa shape index (κ3) is 8.72. The van der Waals surface area contributed by atoms with E-state index in [1.165, 1.54) is 29.2 Å². The number of hydrogen-bond acceptors (Lipinski definition) is 5. The Labute approximate surface area is 254 Å². The highest BCUT2D eigenvalue weighted by Gasteiger charge is 2.35. The number of para-hydroxylation sites is 2. The molecule has 0 fully saturated rings. The predicted octanol–water partition coefficient (Wildman–Crippen LogP) is 5.70. The number of nitrogens with one attached hydrogen (secondary N) is 1. The van der Waals surface area contributed by atoms with Crippen molar-refractivity contribution in [2.75, 3.05) is 24.0 Å². The monoisotopic (exact) mass is 613 g/mol. The summed E-state index contributed by atoms with van der Waals surface area (Å²) < 4.78 is 35.0. The van der Waals surface area contributed by atoms with E-state index in [9.17, 15) is 18.0 Å². The van der Waals surface area contributed by atoms with Crippen molar-refractivity contribution in [3.8, 4) is 5.75 Å². The second kappa shape index (κ2) is 14.6. The maximum absolute atomic E-state index is 14.2. The number of sulfonamides is 1. The molecule has 2 amide bonds. The zero-order valence-electron chi connectivity index (χ0n) is 24.8. The van der Waals surface area contributed by atoms with Crippen LogP contribution in [0.25, 0.3) is 0 Å². The molecule has 0 aliphatic carbocycles. The van der Waals surface area contributed by atoms with Gasteiger partial charge < -0.3 is 15.0 Å². The molecule has 42 heavy (non-hydrogen) atoms. The molecule has 10 heteroatoms.